The standard InChI is InChI=1S/C28H30FNO4/c1-20(2)16-28(32)30-26(19-33-18-22-6-4-3-5-7-22)27(31)17-21-8-12-24(13-9-21)34-25-14-10-23(29)11-15-25/h3-15,20,26H,16-19H2,1-2H3,(H,30,32)/t26-/m0/s1. The Bertz CT molecular complexity index is 1050. The Morgan fingerprint density at radius 1 is 0.853 bits per heavy atom. The van der Waals surface area contributed by atoms with Crippen molar-refractivity contribution >= 4 is 11.7 Å². The Labute approximate surface area is 199 Å². The zero-order valence-corrected chi connectivity index (χ0v) is 19.5. The summed E-state index contributed by atoms with van der Waals surface area (Å²) in [6.07, 6.45) is 0.496. The van der Waals surface area contributed by atoms with Gasteiger partial charge in [0.1, 0.15) is 23.4 Å². The minimum absolute atomic E-state index is 0.101. The van der Waals surface area contributed by atoms with E-state index in [9.17, 15) is 14.0 Å². The van der Waals surface area contributed by atoms with E-state index in [0.717, 1.165) is 11.1 Å². The van der Waals surface area contributed by atoms with E-state index in [1.54, 1.807) is 36.4 Å². The number of hydrogen-bond acceptors (Lipinski definition) is 4. The molecule has 3 aromatic carbocycles. The fourth-order valence-corrected chi connectivity index (χ4v) is 3.35. The fourth-order valence-electron chi connectivity index (χ4n) is 3.35. The highest BCUT2D eigenvalue weighted by Gasteiger charge is 2.22. The molecule has 1 atom stereocenters. The van der Waals surface area contributed by atoms with Gasteiger partial charge in [0.15, 0.2) is 5.78 Å². The van der Waals surface area contributed by atoms with Gasteiger partial charge in [-0.15, -0.1) is 0 Å². The molecule has 0 heterocycles. The van der Waals surface area contributed by atoms with Crippen LogP contribution in [0.15, 0.2) is 78.9 Å². The quantitative estimate of drug-likeness (QED) is 0.386. The van der Waals surface area contributed by atoms with Crippen molar-refractivity contribution in [2.45, 2.75) is 39.3 Å². The van der Waals surface area contributed by atoms with Crippen molar-refractivity contribution in [1.29, 1.82) is 0 Å². The SMILES string of the molecule is CC(C)CC(=O)N[C@@H](COCc1ccccc1)C(=O)Cc1ccc(Oc2ccc(F)cc2)cc1. The molecule has 0 spiro atoms. The summed E-state index contributed by atoms with van der Waals surface area (Å²) in [6.45, 7) is 4.37. The van der Waals surface area contributed by atoms with Gasteiger partial charge in [-0.1, -0.05) is 56.3 Å². The van der Waals surface area contributed by atoms with Crippen molar-refractivity contribution in [1.82, 2.24) is 5.32 Å². The molecular formula is C28H30FNO4. The number of ether oxygens (including phenoxy) is 2. The number of hydrogen-bond donors (Lipinski definition) is 1. The summed E-state index contributed by atoms with van der Waals surface area (Å²) in [5.41, 5.74) is 1.79. The Hall–Kier alpha value is -3.51. The van der Waals surface area contributed by atoms with E-state index in [1.807, 2.05) is 44.2 Å². The molecule has 0 aliphatic heterocycles. The molecule has 0 saturated heterocycles. The summed E-state index contributed by atoms with van der Waals surface area (Å²) in [5, 5.41) is 2.83. The molecular weight excluding hydrogens is 433 g/mol. The van der Waals surface area contributed by atoms with Gasteiger partial charge in [0.25, 0.3) is 0 Å². The van der Waals surface area contributed by atoms with Gasteiger partial charge >= 0.3 is 0 Å². The molecule has 0 radical (unpaired) electrons. The van der Waals surface area contributed by atoms with Gasteiger partial charge in [0.2, 0.25) is 5.91 Å². The highest BCUT2D eigenvalue weighted by Crippen LogP contribution is 2.22. The van der Waals surface area contributed by atoms with Gasteiger partial charge < -0.3 is 14.8 Å². The number of rotatable bonds is 12. The third-order valence-corrected chi connectivity index (χ3v) is 5.06. The highest BCUT2D eigenvalue weighted by molar-refractivity contribution is 5.90. The molecule has 0 bridgehead atoms. The molecule has 1 N–H and O–H groups in total. The highest BCUT2D eigenvalue weighted by atomic mass is 19.1. The third-order valence-electron chi connectivity index (χ3n) is 5.06. The average molecular weight is 464 g/mol. The van der Waals surface area contributed by atoms with Crippen molar-refractivity contribution in [3.63, 3.8) is 0 Å². The number of amides is 1. The lowest BCUT2D eigenvalue weighted by Crippen LogP contribution is -2.45. The van der Waals surface area contributed by atoms with E-state index in [2.05, 4.69) is 5.32 Å². The molecule has 0 unspecified atom stereocenters. The van der Waals surface area contributed by atoms with Crippen LogP contribution in [0.3, 0.4) is 0 Å². The average Bonchev–Trinajstić information content (AvgIpc) is 2.81. The van der Waals surface area contributed by atoms with Crippen molar-refractivity contribution in [3.8, 4) is 11.5 Å². The number of carbonyl (C=O) groups is 2. The molecule has 1 amide bonds. The van der Waals surface area contributed by atoms with E-state index in [4.69, 9.17) is 9.47 Å². The minimum Gasteiger partial charge on any atom is -0.457 e. The van der Waals surface area contributed by atoms with Crippen LogP contribution in [0.25, 0.3) is 0 Å². The van der Waals surface area contributed by atoms with Crippen LogP contribution in [0.1, 0.15) is 31.4 Å². The van der Waals surface area contributed by atoms with Gasteiger partial charge in [-0.25, -0.2) is 4.39 Å². The zero-order chi connectivity index (χ0) is 24.3. The molecule has 3 aromatic rings. The summed E-state index contributed by atoms with van der Waals surface area (Å²) in [6, 6.07) is 21.8. The summed E-state index contributed by atoms with van der Waals surface area (Å²) in [4.78, 5) is 25.4. The van der Waals surface area contributed by atoms with Crippen LogP contribution in [0, 0.1) is 11.7 Å². The molecule has 6 heteroatoms. The number of benzene rings is 3. The van der Waals surface area contributed by atoms with Crippen LogP contribution >= 0.6 is 0 Å². The van der Waals surface area contributed by atoms with Gasteiger partial charge in [-0.3, -0.25) is 9.59 Å². The Morgan fingerprint density at radius 2 is 1.47 bits per heavy atom. The van der Waals surface area contributed by atoms with Gasteiger partial charge in [-0.2, -0.15) is 0 Å². The first kappa shape index (κ1) is 25.1. The van der Waals surface area contributed by atoms with Crippen molar-refractivity contribution < 1.29 is 23.5 Å². The van der Waals surface area contributed by atoms with Crippen LogP contribution < -0.4 is 10.1 Å². The van der Waals surface area contributed by atoms with Gasteiger partial charge in [0.05, 0.1) is 13.2 Å². The summed E-state index contributed by atoms with van der Waals surface area (Å²) in [7, 11) is 0. The first-order valence-corrected chi connectivity index (χ1v) is 11.3. The van der Waals surface area contributed by atoms with Crippen LogP contribution in [-0.2, 0) is 27.4 Å². The lowest BCUT2D eigenvalue weighted by atomic mass is 10.0. The first-order valence-electron chi connectivity index (χ1n) is 11.3. The summed E-state index contributed by atoms with van der Waals surface area (Å²) < 4.78 is 24.5. The fraction of sp³-hybridized carbons (Fsp3) is 0.286. The van der Waals surface area contributed by atoms with E-state index < -0.39 is 6.04 Å². The topological polar surface area (TPSA) is 64.6 Å². The second kappa shape index (κ2) is 12.7. The summed E-state index contributed by atoms with van der Waals surface area (Å²) in [5.74, 6) is 0.667. The van der Waals surface area contributed by atoms with Crippen molar-refractivity contribution in [2.75, 3.05) is 6.61 Å². The van der Waals surface area contributed by atoms with E-state index >= 15 is 0 Å². The van der Waals surface area contributed by atoms with Gasteiger partial charge in [-0.05, 0) is 53.4 Å². The number of Topliss-reactive ketones (excluding diaryl/α,β-unsaturated/α-hetero) is 1. The Balaban J connectivity index is 1.59. The Kier molecular flexibility index (Phi) is 9.35. The molecule has 5 nitrogen and oxygen atoms in total. The molecule has 3 rings (SSSR count). The molecule has 0 fully saturated rings. The van der Waals surface area contributed by atoms with E-state index in [1.165, 1.54) is 12.1 Å². The summed E-state index contributed by atoms with van der Waals surface area (Å²) >= 11 is 0. The largest absolute Gasteiger partial charge is 0.457 e. The first-order chi connectivity index (χ1) is 16.4. The maximum Gasteiger partial charge on any atom is 0.220 e. The molecule has 34 heavy (non-hydrogen) atoms. The zero-order valence-electron chi connectivity index (χ0n) is 19.5. The van der Waals surface area contributed by atoms with Crippen LogP contribution in [0.2, 0.25) is 0 Å². The smallest absolute Gasteiger partial charge is 0.220 e. The molecule has 178 valence electrons. The van der Waals surface area contributed by atoms with Crippen LogP contribution in [-0.4, -0.2) is 24.3 Å². The van der Waals surface area contributed by atoms with E-state index in [0.29, 0.717) is 24.5 Å². The number of carbonyl (C=O) groups excluding carboxylic acids is 2. The predicted molar refractivity (Wildman–Crippen MR) is 129 cm³/mol. The van der Waals surface area contributed by atoms with Crippen LogP contribution in [0.5, 0.6) is 11.5 Å². The van der Waals surface area contributed by atoms with Crippen molar-refractivity contribution in [2.24, 2.45) is 5.92 Å². The molecule has 0 aliphatic rings. The maximum absolute atomic E-state index is 13.0. The number of halogens is 1. The van der Waals surface area contributed by atoms with Crippen LogP contribution in [0.4, 0.5) is 4.39 Å². The number of nitrogens with one attached hydrogen (secondary N) is 1. The second-order valence-electron chi connectivity index (χ2n) is 8.56. The molecule has 0 aliphatic carbocycles. The molecule has 0 saturated carbocycles. The number of ketones is 1. The third kappa shape index (κ3) is 8.45. The molecule has 0 aromatic heterocycles. The van der Waals surface area contributed by atoms with E-state index in [-0.39, 0.29) is 36.5 Å². The Morgan fingerprint density at radius 3 is 2.09 bits per heavy atom. The maximum atomic E-state index is 13.0. The van der Waals surface area contributed by atoms with Crippen molar-refractivity contribution in [3.05, 3.63) is 95.8 Å². The lowest BCUT2D eigenvalue weighted by Gasteiger charge is -2.19. The minimum atomic E-state index is -0.731. The van der Waals surface area contributed by atoms with Gasteiger partial charge in [0, 0.05) is 12.8 Å². The lowest BCUT2D eigenvalue weighted by molar-refractivity contribution is -0.129. The second-order valence-corrected chi connectivity index (χ2v) is 8.56. The predicted octanol–water partition coefficient (Wildman–Crippen LogP) is 5.48. The monoisotopic (exact) mass is 463 g/mol. The normalized spacial score (nSPS) is 11.8.